The van der Waals surface area contributed by atoms with Crippen LogP contribution in [0.2, 0.25) is 0 Å². The number of imidazole rings is 1. The Morgan fingerprint density at radius 1 is 0.943 bits per heavy atom. The molecule has 4 aromatic rings. The molecule has 0 bridgehead atoms. The van der Waals surface area contributed by atoms with Crippen LogP contribution in [0.5, 0.6) is 0 Å². The molecule has 2 amide bonds. The van der Waals surface area contributed by atoms with Crippen molar-refractivity contribution in [3.63, 3.8) is 0 Å². The number of carbonyl (C=O) groups is 2. The molecule has 1 aliphatic rings. The molecule has 2 N–H and O–H groups in total. The number of piperidine rings is 1. The number of amides is 2. The summed E-state index contributed by atoms with van der Waals surface area (Å²) in [5.74, 6) is -0.113. The first kappa shape index (κ1) is 22.6. The van der Waals surface area contributed by atoms with Gasteiger partial charge < -0.3 is 15.2 Å². The van der Waals surface area contributed by atoms with Crippen LogP contribution in [0.3, 0.4) is 0 Å². The summed E-state index contributed by atoms with van der Waals surface area (Å²) in [5, 5.41) is 3.28. The number of benzene rings is 3. The predicted octanol–water partition coefficient (Wildman–Crippen LogP) is 4.72. The summed E-state index contributed by atoms with van der Waals surface area (Å²) in [7, 11) is 0. The van der Waals surface area contributed by atoms with Crippen molar-refractivity contribution in [3.05, 3.63) is 108 Å². The average Bonchev–Trinajstić information content (AvgIpc) is 3.39. The molecule has 1 saturated heterocycles. The second-order valence-corrected chi connectivity index (χ2v) is 8.87. The molecule has 0 aliphatic carbocycles. The monoisotopic (exact) mass is 464 g/mol. The molecule has 3 aromatic carbocycles. The van der Waals surface area contributed by atoms with Crippen molar-refractivity contribution in [1.29, 1.82) is 0 Å². The molecule has 1 fully saturated rings. The van der Waals surface area contributed by atoms with Gasteiger partial charge in [0.15, 0.2) is 0 Å². The molecule has 0 spiro atoms. The highest BCUT2D eigenvalue weighted by atomic mass is 16.2. The molecule has 6 heteroatoms. The van der Waals surface area contributed by atoms with E-state index in [1.165, 1.54) is 0 Å². The maximum absolute atomic E-state index is 13.3. The molecule has 1 unspecified atom stereocenters. The van der Waals surface area contributed by atoms with E-state index in [1.54, 1.807) is 12.4 Å². The number of nitrogens with one attached hydrogen (secondary N) is 2. The summed E-state index contributed by atoms with van der Waals surface area (Å²) in [6.07, 6.45) is 6.43. The van der Waals surface area contributed by atoms with Gasteiger partial charge in [0.25, 0.3) is 0 Å². The largest absolute Gasteiger partial charge is 0.345 e. The Kier molecular flexibility index (Phi) is 6.70. The van der Waals surface area contributed by atoms with Crippen molar-refractivity contribution >= 4 is 28.9 Å². The quantitative estimate of drug-likeness (QED) is 0.405. The summed E-state index contributed by atoms with van der Waals surface area (Å²) < 4.78 is 0. The summed E-state index contributed by atoms with van der Waals surface area (Å²) in [4.78, 5) is 35.2. The Morgan fingerprint density at radius 2 is 1.66 bits per heavy atom. The third kappa shape index (κ3) is 5.32. The molecule has 176 valence electrons. The van der Waals surface area contributed by atoms with Gasteiger partial charge in [-0.15, -0.1) is 0 Å². The lowest BCUT2D eigenvalue weighted by Crippen LogP contribution is -2.43. The zero-order valence-corrected chi connectivity index (χ0v) is 19.4. The highest BCUT2D eigenvalue weighted by Gasteiger charge is 2.28. The maximum atomic E-state index is 13.3. The SMILES string of the molecule is O=C(NC(c1ccccc1)c1ccc2nc[nH]c2c1)C1CCN(C(=O)/C=C/c2ccccc2)CC1. The predicted molar refractivity (Wildman–Crippen MR) is 137 cm³/mol. The van der Waals surface area contributed by atoms with Crippen molar-refractivity contribution in [2.24, 2.45) is 5.92 Å². The normalized spacial score (nSPS) is 15.4. The third-order valence-electron chi connectivity index (χ3n) is 6.59. The van der Waals surface area contributed by atoms with E-state index in [4.69, 9.17) is 0 Å². The minimum Gasteiger partial charge on any atom is -0.345 e. The van der Waals surface area contributed by atoms with Crippen molar-refractivity contribution in [2.45, 2.75) is 18.9 Å². The summed E-state index contributed by atoms with van der Waals surface area (Å²) in [5.41, 5.74) is 4.85. The summed E-state index contributed by atoms with van der Waals surface area (Å²) >= 11 is 0. The molecule has 0 radical (unpaired) electrons. The fraction of sp³-hybridized carbons (Fsp3) is 0.207. The standard InChI is InChI=1S/C29H28N4O2/c34-27(14-11-21-7-3-1-4-8-21)33-17-15-23(16-18-33)29(35)32-28(22-9-5-2-6-10-22)24-12-13-25-26(19-24)31-20-30-25/h1-14,19-20,23,28H,15-18H2,(H,30,31)(H,32,35)/b14-11+. The number of H-pyrrole nitrogens is 1. The van der Waals surface area contributed by atoms with Crippen LogP contribution >= 0.6 is 0 Å². The minimum absolute atomic E-state index is 0.0114. The molecule has 1 aromatic heterocycles. The van der Waals surface area contributed by atoms with Gasteiger partial charge in [-0.25, -0.2) is 4.98 Å². The number of fused-ring (bicyclic) bond motifs is 1. The molecule has 5 rings (SSSR count). The van der Waals surface area contributed by atoms with E-state index >= 15 is 0 Å². The van der Waals surface area contributed by atoms with Crippen LogP contribution in [-0.4, -0.2) is 39.8 Å². The van der Waals surface area contributed by atoms with Crippen molar-refractivity contribution in [1.82, 2.24) is 20.2 Å². The smallest absolute Gasteiger partial charge is 0.246 e. The Bertz CT molecular complexity index is 1320. The molecular formula is C29H28N4O2. The van der Waals surface area contributed by atoms with Crippen LogP contribution in [0.4, 0.5) is 0 Å². The van der Waals surface area contributed by atoms with Crippen LogP contribution in [0.1, 0.15) is 35.6 Å². The lowest BCUT2D eigenvalue weighted by Gasteiger charge is -2.32. The molecule has 2 heterocycles. The van der Waals surface area contributed by atoms with E-state index in [2.05, 4.69) is 15.3 Å². The maximum Gasteiger partial charge on any atom is 0.246 e. The average molecular weight is 465 g/mol. The van der Waals surface area contributed by atoms with Crippen LogP contribution < -0.4 is 5.32 Å². The summed E-state index contributed by atoms with van der Waals surface area (Å²) in [6, 6.07) is 25.5. The number of rotatable bonds is 6. The number of aromatic amines is 1. The fourth-order valence-electron chi connectivity index (χ4n) is 4.60. The van der Waals surface area contributed by atoms with Gasteiger partial charge in [-0.05, 0) is 47.7 Å². The zero-order chi connectivity index (χ0) is 24.0. The van der Waals surface area contributed by atoms with Gasteiger partial charge in [0, 0.05) is 25.1 Å². The van der Waals surface area contributed by atoms with Crippen molar-refractivity contribution in [2.75, 3.05) is 13.1 Å². The molecule has 35 heavy (non-hydrogen) atoms. The lowest BCUT2D eigenvalue weighted by molar-refractivity contribution is -0.132. The highest BCUT2D eigenvalue weighted by Crippen LogP contribution is 2.26. The van der Waals surface area contributed by atoms with E-state index in [0.29, 0.717) is 25.9 Å². The number of aromatic nitrogens is 2. The molecular weight excluding hydrogens is 436 g/mol. The Morgan fingerprint density at radius 3 is 2.40 bits per heavy atom. The number of hydrogen-bond donors (Lipinski definition) is 2. The molecule has 1 atom stereocenters. The molecule has 6 nitrogen and oxygen atoms in total. The first-order valence-electron chi connectivity index (χ1n) is 12.0. The topological polar surface area (TPSA) is 78.1 Å². The van der Waals surface area contributed by atoms with Crippen molar-refractivity contribution in [3.8, 4) is 0 Å². The molecule has 1 aliphatic heterocycles. The third-order valence-corrected chi connectivity index (χ3v) is 6.59. The van der Waals surface area contributed by atoms with Gasteiger partial charge in [-0.1, -0.05) is 66.7 Å². The Hall–Kier alpha value is -4.19. The van der Waals surface area contributed by atoms with Crippen LogP contribution in [-0.2, 0) is 9.59 Å². The number of likely N-dealkylation sites (tertiary alicyclic amines) is 1. The van der Waals surface area contributed by atoms with Crippen LogP contribution in [0.25, 0.3) is 17.1 Å². The van der Waals surface area contributed by atoms with E-state index in [0.717, 1.165) is 27.7 Å². The Labute approximate surface area is 204 Å². The Balaban J connectivity index is 1.24. The van der Waals surface area contributed by atoms with E-state index < -0.39 is 0 Å². The van der Waals surface area contributed by atoms with Crippen LogP contribution in [0.15, 0.2) is 91.3 Å². The number of nitrogens with zero attached hydrogens (tertiary/aromatic N) is 2. The fourth-order valence-corrected chi connectivity index (χ4v) is 4.60. The summed E-state index contributed by atoms with van der Waals surface area (Å²) in [6.45, 7) is 1.15. The second kappa shape index (κ2) is 10.4. The van der Waals surface area contributed by atoms with Crippen molar-refractivity contribution < 1.29 is 9.59 Å². The van der Waals surface area contributed by atoms with Gasteiger partial charge in [0.1, 0.15) is 0 Å². The first-order chi connectivity index (χ1) is 17.2. The van der Waals surface area contributed by atoms with Gasteiger partial charge in [-0.3, -0.25) is 9.59 Å². The molecule has 0 saturated carbocycles. The number of hydrogen-bond acceptors (Lipinski definition) is 3. The van der Waals surface area contributed by atoms with Crippen LogP contribution in [0, 0.1) is 5.92 Å². The van der Waals surface area contributed by atoms with Gasteiger partial charge in [0.05, 0.1) is 23.4 Å². The first-order valence-corrected chi connectivity index (χ1v) is 12.0. The van der Waals surface area contributed by atoms with Gasteiger partial charge in [0.2, 0.25) is 11.8 Å². The van der Waals surface area contributed by atoms with Gasteiger partial charge in [-0.2, -0.15) is 0 Å². The minimum atomic E-state index is -0.259. The van der Waals surface area contributed by atoms with E-state index in [1.807, 2.05) is 89.8 Å². The van der Waals surface area contributed by atoms with Gasteiger partial charge >= 0.3 is 0 Å². The number of carbonyl (C=O) groups excluding carboxylic acids is 2. The van der Waals surface area contributed by atoms with E-state index in [-0.39, 0.29) is 23.8 Å². The highest BCUT2D eigenvalue weighted by molar-refractivity contribution is 5.92. The second-order valence-electron chi connectivity index (χ2n) is 8.87. The lowest BCUT2D eigenvalue weighted by atomic mass is 9.93. The van der Waals surface area contributed by atoms with E-state index in [9.17, 15) is 9.59 Å². The zero-order valence-electron chi connectivity index (χ0n) is 19.4.